The van der Waals surface area contributed by atoms with Crippen LogP contribution in [0, 0.1) is 0 Å². The van der Waals surface area contributed by atoms with E-state index < -0.39 is 12.7 Å². The van der Waals surface area contributed by atoms with Crippen molar-refractivity contribution >= 4 is 13.2 Å². The summed E-state index contributed by atoms with van der Waals surface area (Å²) in [7, 11) is -0.410. The van der Waals surface area contributed by atoms with Crippen molar-refractivity contribution in [1.29, 1.82) is 0 Å². The molecule has 1 N–H and O–H groups in total. The first kappa shape index (κ1) is 16.2. The van der Waals surface area contributed by atoms with Gasteiger partial charge in [0.15, 0.2) is 0 Å². The number of aromatic nitrogens is 1. The van der Waals surface area contributed by atoms with Crippen molar-refractivity contribution in [3.8, 4) is 0 Å². The molecule has 0 saturated carbocycles. The minimum absolute atomic E-state index is 0.356. The van der Waals surface area contributed by atoms with E-state index in [1.807, 2.05) is 51.9 Å². The molecule has 1 fully saturated rings. The summed E-state index contributed by atoms with van der Waals surface area (Å²) in [4.78, 5) is 4.32. The largest absolute Gasteiger partial charge is 0.487 e. The third-order valence-electron chi connectivity index (χ3n) is 4.18. The summed E-state index contributed by atoms with van der Waals surface area (Å²) in [5.41, 5.74) is -0.155. The summed E-state index contributed by atoms with van der Waals surface area (Å²) in [6.45, 7) is 11.6. The van der Waals surface area contributed by atoms with Gasteiger partial charge < -0.3 is 14.4 Å². The number of hydrogen-bond donors (Lipinski definition) is 1. The Kier molecular flexibility index (Phi) is 4.04. The molecule has 1 aliphatic heterocycles. The summed E-state index contributed by atoms with van der Waals surface area (Å²) in [5, 5.41) is 10.2. The van der Waals surface area contributed by atoms with E-state index in [4.69, 9.17) is 9.31 Å². The molecule has 0 radical (unpaired) electrons. The zero-order valence-electron chi connectivity index (χ0n) is 13.7. The lowest BCUT2D eigenvalue weighted by molar-refractivity contribution is 0.00578. The van der Waals surface area contributed by atoms with E-state index in [0.29, 0.717) is 0 Å². The summed E-state index contributed by atoms with van der Waals surface area (Å²) in [5.74, 6) is 1.84. The number of hydrogen-bond acceptors (Lipinski definition) is 4. The second-order valence-electron chi connectivity index (χ2n) is 6.98. The van der Waals surface area contributed by atoms with Crippen LogP contribution in [0.3, 0.4) is 0 Å². The van der Waals surface area contributed by atoms with Gasteiger partial charge in [0.25, 0.3) is 0 Å². The smallest absolute Gasteiger partial charge is 0.400 e. The van der Waals surface area contributed by atoms with Crippen LogP contribution in [0.1, 0.15) is 52.8 Å². The fraction of sp³-hybridized carbons (Fsp3) is 0.562. The van der Waals surface area contributed by atoms with Crippen LogP contribution >= 0.6 is 0 Å². The maximum atomic E-state index is 10.2. The molecule has 2 heterocycles. The Balaban J connectivity index is 2.21. The molecule has 1 aromatic rings. The normalized spacial score (nSPS) is 21.2. The van der Waals surface area contributed by atoms with Gasteiger partial charge >= 0.3 is 7.12 Å². The molecule has 0 atom stereocenters. The predicted molar refractivity (Wildman–Crippen MR) is 84.6 cm³/mol. The summed E-state index contributed by atoms with van der Waals surface area (Å²) in [6, 6.07) is 3.69. The minimum atomic E-state index is -0.941. The third-order valence-corrected chi connectivity index (χ3v) is 4.18. The van der Waals surface area contributed by atoms with Gasteiger partial charge in [0.2, 0.25) is 0 Å². The Morgan fingerprint density at radius 3 is 2.29 bits per heavy atom. The van der Waals surface area contributed by atoms with Gasteiger partial charge in [-0.05, 0) is 53.7 Å². The fourth-order valence-corrected chi connectivity index (χ4v) is 2.20. The molecule has 4 nitrogen and oxygen atoms in total. The third kappa shape index (κ3) is 3.36. The highest BCUT2D eigenvalue weighted by Crippen LogP contribution is 2.37. The molecule has 0 aromatic carbocycles. The average Bonchev–Trinajstić information content (AvgIpc) is 2.54. The van der Waals surface area contributed by atoms with Gasteiger partial charge in [0, 0.05) is 11.8 Å². The Labute approximate surface area is 127 Å². The van der Waals surface area contributed by atoms with E-state index in [-0.39, 0.29) is 11.2 Å². The average molecular weight is 289 g/mol. The van der Waals surface area contributed by atoms with Crippen LogP contribution in [0.2, 0.25) is 0 Å². The number of aliphatic hydroxyl groups is 1. The van der Waals surface area contributed by atoms with Crippen LogP contribution in [0.25, 0.3) is 6.08 Å². The Morgan fingerprint density at radius 1 is 1.19 bits per heavy atom. The molecule has 5 heteroatoms. The maximum absolute atomic E-state index is 10.2. The Hall–Kier alpha value is -1.17. The highest BCUT2D eigenvalue weighted by Gasteiger charge is 2.50. The van der Waals surface area contributed by atoms with Crippen LogP contribution in [-0.4, -0.2) is 28.4 Å². The number of pyridine rings is 1. The summed E-state index contributed by atoms with van der Waals surface area (Å²) < 4.78 is 11.8. The molecule has 1 aromatic heterocycles. The Bertz CT molecular complexity index is 531. The van der Waals surface area contributed by atoms with Crippen LogP contribution < -0.4 is 0 Å². The highest BCUT2D eigenvalue weighted by molar-refractivity contribution is 6.52. The molecule has 0 spiro atoms. The first-order valence-corrected chi connectivity index (χ1v) is 7.25. The molecule has 0 unspecified atom stereocenters. The fourth-order valence-electron chi connectivity index (χ4n) is 2.20. The first-order valence-electron chi connectivity index (χ1n) is 7.25. The second-order valence-corrected chi connectivity index (χ2v) is 6.98. The second kappa shape index (κ2) is 5.23. The van der Waals surface area contributed by atoms with E-state index in [9.17, 15) is 5.11 Å². The van der Waals surface area contributed by atoms with Gasteiger partial charge in [-0.2, -0.15) is 0 Å². The minimum Gasteiger partial charge on any atom is -0.400 e. The molecule has 21 heavy (non-hydrogen) atoms. The van der Waals surface area contributed by atoms with Crippen molar-refractivity contribution in [3.05, 3.63) is 35.6 Å². The molecular formula is C16H24BNO3. The van der Waals surface area contributed by atoms with Crippen molar-refractivity contribution in [2.24, 2.45) is 0 Å². The van der Waals surface area contributed by atoms with Crippen molar-refractivity contribution in [2.75, 3.05) is 0 Å². The van der Waals surface area contributed by atoms with E-state index in [2.05, 4.69) is 4.98 Å². The van der Waals surface area contributed by atoms with Crippen LogP contribution in [0.4, 0.5) is 0 Å². The molecule has 1 saturated heterocycles. The first-order chi connectivity index (χ1) is 9.53. The van der Waals surface area contributed by atoms with Crippen molar-refractivity contribution in [2.45, 2.75) is 58.3 Å². The quantitative estimate of drug-likeness (QED) is 0.869. The predicted octanol–water partition coefficient (Wildman–Crippen LogP) is 2.95. The van der Waals surface area contributed by atoms with Crippen LogP contribution in [0.15, 0.2) is 24.3 Å². The topological polar surface area (TPSA) is 51.6 Å². The van der Waals surface area contributed by atoms with Crippen molar-refractivity contribution < 1.29 is 14.4 Å². The van der Waals surface area contributed by atoms with Gasteiger partial charge in [-0.1, -0.05) is 12.0 Å². The number of nitrogens with zero attached hydrogens (tertiary/aromatic N) is 1. The zero-order valence-corrected chi connectivity index (χ0v) is 13.7. The molecule has 1 aliphatic rings. The van der Waals surface area contributed by atoms with Gasteiger partial charge in [-0.25, -0.2) is 0 Å². The summed E-state index contributed by atoms with van der Waals surface area (Å²) in [6.07, 6.45) is 3.55. The molecular weight excluding hydrogens is 265 g/mol. The molecule has 0 amide bonds. The van der Waals surface area contributed by atoms with Gasteiger partial charge in [-0.3, -0.25) is 4.98 Å². The lowest BCUT2D eigenvalue weighted by atomic mass is 9.88. The Morgan fingerprint density at radius 2 is 1.76 bits per heavy atom. The van der Waals surface area contributed by atoms with E-state index in [1.54, 1.807) is 20.0 Å². The van der Waals surface area contributed by atoms with Crippen LogP contribution in [-0.2, 0) is 14.9 Å². The van der Waals surface area contributed by atoms with E-state index in [1.165, 1.54) is 0 Å². The standard InChI is InChI=1S/C16H24BNO3/c1-14(2,19)12-8-7-11-18-13(12)9-10-17-20-15(3,4)16(5,6)21-17/h7-11,19H,1-6H3/b10-9+. The van der Waals surface area contributed by atoms with E-state index in [0.717, 1.165) is 11.3 Å². The molecule has 114 valence electrons. The van der Waals surface area contributed by atoms with Gasteiger partial charge in [0.05, 0.1) is 22.5 Å². The lowest BCUT2D eigenvalue weighted by Gasteiger charge is -2.32. The van der Waals surface area contributed by atoms with Crippen LogP contribution in [0.5, 0.6) is 0 Å². The van der Waals surface area contributed by atoms with Crippen molar-refractivity contribution in [1.82, 2.24) is 4.98 Å². The number of rotatable bonds is 3. The SMILES string of the molecule is CC(C)(O)c1cccnc1/C=C/B1OC(C)(C)C(C)(C)O1. The van der Waals surface area contributed by atoms with Gasteiger partial charge in [-0.15, -0.1) is 0 Å². The molecule has 0 aliphatic carbocycles. The van der Waals surface area contributed by atoms with Gasteiger partial charge in [0.1, 0.15) is 0 Å². The summed E-state index contributed by atoms with van der Waals surface area (Å²) >= 11 is 0. The highest BCUT2D eigenvalue weighted by atomic mass is 16.7. The lowest BCUT2D eigenvalue weighted by Crippen LogP contribution is -2.41. The monoisotopic (exact) mass is 289 g/mol. The van der Waals surface area contributed by atoms with E-state index >= 15 is 0 Å². The maximum Gasteiger partial charge on any atom is 0.487 e. The molecule has 2 rings (SSSR count). The van der Waals surface area contributed by atoms with Crippen molar-refractivity contribution in [3.63, 3.8) is 0 Å². The zero-order chi connectivity index (χ0) is 15.9. The molecule has 0 bridgehead atoms.